The van der Waals surface area contributed by atoms with Crippen molar-refractivity contribution in [3.05, 3.63) is 140 Å². The van der Waals surface area contributed by atoms with E-state index in [0.29, 0.717) is 0 Å². The third-order valence-electron chi connectivity index (χ3n) is 8.37. The van der Waals surface area contributed by atoms with Gasteiger partial charge in [0, 0.05) is 32.3 Å². The van der Waals surface area contributed by atoms with Crippen LogP contribution in [0.15, 0.2) is 144 Å². The molecule has 0 saturated carbocycles. The number of benzene rings is 7. The highest BCUT2D eigenvalue weighted by Gasteiger charge is 2.20. The van der Waals surface area contributed by atoms with Crippen LogP contribution in [0.1, 0.15) is 0 Å². The van der Waals surface area contributed by atoms with E-state index in [-0.39, 0.29) is 0 Å². The van der Waals surface area contributed by atoms with Crippen LogP contribution in [0.3, 0.4) is 0 Å². The van der Waals surface area contributed by atoms with Crippen molar-refractivity contribution in [2.45, 2.75) is 0 Å². The Morgan fingerprint density at radius 3 is 1.48 bits per heavy atom. The predicted molar refractivity (Wildman–Crippen MR) is 169 cm³/mol. The summed E-state index contributed by atoms with van der Waals surface area (Å²) in [5, 5.41) is 9.79. The van der Waals surface area contributed by atoms with Gasteiger partial charge in [0.2, 0.25) is 0 Å². The molecule has 0 N–H and O–H groups in total. The van der Waals surface area contributed by atoms with Crippen LogP contribution in [0.4, 0.5) is 0 Å². The lowest BCUT2D eigenvalue weighted by Gasteiger charge is -2.19. The summed E-state index contributed by atoms with van der Waals surface area (Å²) in [7, 11) is 0. The lowest BCUT2D eigenvalue weighted by atomic mass is 9.90. The lowest BCUT2D eigenvalue weighted by molar-refractivity contribution is 0.669. The highest BCUT2D eigenvalue weighted by molar-refractivity contribution is 6.21. The number of hydrogen-bond donors (Lipinski definition) is 0. The molecule has 0 aliphatic carbocycles. The minimum Gasteiger partial charge on any atom is -0.456 e. The smallest absolute Gasteiger partial charge is 0.135 e. The summed E-state index contributed by atoms with van der Waals surface area (Å²) in [4.78, 5) is 0. The quantitative estimate of drug-likeness (QED) is 0.212. The zero-order valence-electron chi connectivity index (χ0n) is 21.6. The van der Waals surface area contributed by atoms with Crippen LogP contribution in [0.2, 0.25) is 0 Å². The Balaban J connectivity index is 1.46. The first-order valence-electron chi connectivity index (χ1n) is 13.7. The van der Waals surface area contributed by atoms with Crippen molar-refractivity contribution < 1.29 is 4.42 Å². The molecule has 2 aromatic heterocycles. The monoisotopic (exact) mass is 509 g/mol. The SMILES string of the molecule is c1ccc2c(c1)oc1ccc(-c3c4ccccc4c(-n4c5ccccc5c5ccccc54)c4ccccc34)cc12. The van der Waals surface area contributed by atoms with Crippen molar-refractivity contribution in [2.24, 2.45) is 0 Å². The van der Waals surface area contributed by atoms with E-state index in [1.807, 2.05) is 12.1 Å². The maximum absolute atomic E-state index is 6.16. The first-order chi connectivity index (χ1) is 19.9. The average molecular weight is 510 g/mol. The lowest BCUT2D eigenvalue weighted by Crippen LogP contribution is -1.99. The number of hydrogen-bond acceptors (Lipinski definition) is 1. The number of fused-ring (bicyclic) bond motifs is 8. The third kappa shape index (κ3) is 2.88. The zero-order valence-corrected chi connectivity index (χ0v) is 21.6. The summed E-state index contributed by atoms with van der Waals surface area (Å²) in [5.74, 6) is 0. The fourth-order valence-corrected chi connectivity index (χ4v) is 6.70. The molecule has 2 heterocycles. The number of furan rings is 1. The van der Waals surface area contributed by atoms with Gasteiger partial charge in [0.1, 0.15) is 11.2 Å². The Morgan fingerprint density at radius 1 is 0.375 bits per heavy atom. The molecule has 0 aliphatic rings. The number of aromatic nitrogens is 1. The number of rotatable bonds is 2. The number of para-hydroxylation sites is 3. The second kappa shape index (κ2) is 8.08. The summed E-state index contributed by atoms with van der Waals surface area (Å²) in [6.45, 7) is 0. The first-order valence-corrected chi connectivity index (χ1v) is 13.7. The van der Waals surface area contributed by atoms with Gasteiger partial charge in [-0.1, -0.05) is 109 Å². The van der Waals surface area contributed by atoms with Gasteiger partial charge in [-0.15, -0.1) is 0 Å². The van der Waals surface area contributed by atoms with Gasteiger partial charge in [0.25, 0.3) is 0 Å². The maximum Gasteiger partial charge on any atom is 0.135 e. The van der Waals surface area contributed by atoms with Crippen molar-refractivity contribution >= 4 is 65.3 Å². The molecule has 0 spiro atoms. The van der Waals surface area contributed by atoms with Gasteiger partial charge in [-0.25, -0.2) is 0 Å². The van der Waals surface area contributed by atoms with E-state index in [9.17, 15) is 0 Å². The Labute approximate surface area is 230 Å². The molecule has 40 heavy (non-hydrogen) atoms. The first kappa shape index (κ1) is 21.6. The Kier molecular flexibility index (Phi) is 4.36. The molecule has 7 aromatic carbocycles. The van der Waals surface area contributed by atoms with Crippen LogP contribution in [-0.4, -0.2) is 4.57 Å². The minimum atomic E-state index is 0.917. The summed E-state index contributed by atoms with van der Waals surface area (Å²) in [6, 6.07) is 50.1. The summed E-state index contributed by atoms with van der Waals surface area (Å²) < 4.78 is 8.63. The highest BCUT2D eigenvalue weighted by atomic mass is 16.3. The molecule has 2 nitrogen and oxygen atoms in total. The van der Waals surface area contributed by atoms with E-state index in [1.165, 1.54) is 60.2 Å². The fraction of sp³-hybridized carbons (Fsp3) is 0. The van der Waals surface area contributed by atoms with Gasteiger partial charge >= 0.3 is 0 Å². The molecular formula is C38H23NO. The minimum absolute atomic E-state index is 0.917. The Bertz CT molecular complexity index is 2330. The van der Waals surface area contributed by atoms with Gasteiger partial charge in [-0.3, -0.25) is 0 Å². The average Bonchev–Trinajstić information content (AvgIpc) is 3.55. The molecule has 186 valence electrons. The van der Waals surface area contributed by atoms with Crippen molar-refractivity contribution in [3.8, 4) is 16.8 Å². The van der Waals surface area contributed by atoms with Crippen molar-refractivity contribution in [1.82, 2.24) is 4.57 Å². The topological polar surface area (TPSA) is 18.1 Å². The second-order valence-corrected chi connectivity index (χ2v) is 10.5. The van der Waals surface area contributed by atoms with Gasteiger partial charge in [0.05, 0.1) is 16.7 Å². The van der Waals surface area contributed by atoms with E-state index in [1.54, 1.807) is 0 Å². The summed E-state index contributed by atoms with van der Waals surface area (Å²) in [6.07, 6.45) is 0. The van der Waals surface area contributed by atoms with E-state index < -0.39 is 0 Å². The molecular weight excluding hydrogens is 486 g/mol. The van der Waals surface area contributed by atoms with Gasteiger partial charge < -0.3 is 8.98 Å². The molecule has 0 fully saturated rings. The van der Waals surface area contributed by atoms with Crippen molar-refractivity contribution in [1.29, 1.82) is 0 Å². The van der Waals surface area contributed by atoms with Crippen molar-refractivity contribution in [3.63, 3.8) is 0 Å². The zero-order chi connectivity index (χ0) is 26.2. The van der Waals surface area contributed by atoms with Gasteiger partial charge in [0.15, 0.2) is 0 Å². The molecule has 0 atom stereocenters. The molecule has 0 bridgehead atoms. The molecule has 2 heteroatoms. The molecule has 0 saturated heterocycles. The molecule has 0 unspecified atom stereocenters. The highest BCUT2D eigenvalue weighted by Crippen LogP contribution is 2.44. The van der Waals surface area contributed by atoms with E-state index in [2.05, 4.69) is 132 Å². The Hall–Kier alpha value is -5.34. The maximum atomic E-state index is 6.16. The molecule has 9 aromatic rings. The van der Waals surface area contributed by atoms with Crippen LogP contribution in [0.5, 0.6) is 0 Å². The normalized spacial score (nSPS) is 12.0. The summed E-state index contributed by atoms with van der Waals surface area (Å²) in [5.41, 5.74) is 7.95. The third-order valence-corrected chi connectivity index (χ3v) is 8.37. The van der Waals surface area contributed by atoms with E-state index >= 15 is 0 Å². The largest absolute Gasteiger partial charge is 0.456 e. The van der Waals surface area contributed by atoms with Crippen LogP contribution in [-0.2, 0) is 0 Å². The molecule has 0 aliphatic heterocycles. The second-order valence-electron chi connectivity index (χ2n) is 10.5. The molecule has 9 rings (SSSR count). The van der Waals surface area contributed by atoms with Crippen molar-refractivity contribution in [2.75, 3.05) is 0 Å². The van der Waals surface area contributed by atoms with Gasteiger partial charge in [-0.05, 0) is 52.2 Å². The molecule has 0 amide bonds. The number of nitrogens with zero attached hydrogens (tertiary/aromatic N) is 1. The van der Waals surface area contributed by atoms with E-state index in [0.717, 1.165) is 21.9 Å². The van der Waals surface area contributed by atoms with E-state index in [4.69, 9.17) is 4.42 Å². The van der Waals surface area contributed by atoms with Gasteiger partial charge in [-0.2, -0.15) is 0 Å². The van der Waals surface area contributed by atoms with Crippen LogP contribution in [0, 0.1) is 0 Å². The van der Waals surface area contributed by atoms with Crippen LogP contribution >= 0.6 is 0 Å². The Morgan fingerprint density at radius 2 is 0.850 bits per heavy atom. The molecule has 0 radical (unpaired) electrons. The summed E-state index contributed by atoms with van der Waals surface area (Å²) >= 11 is 0. The predicted octanol–water partition coefficient (Wildman–Crippen LogP) is 10.7. The van der Waals surface area contributed by atoms with Crippen LogP contribution < -0.4 is 0 Å². The van der Waals surface area contributed by atoms with Crippen LogP contribution in [0.25, 0.3) is 82.1 Å². The standard InChI is InChI=1S/C38H23NO/c1-3-16-30-28(14-1)37(24-21-22-36-32(23-24)27-13-7-10-20-35(27)40-36)29-15-2-4-17-31(29)38(30)39-33-18-8-5-11-25(33)26-12-6-9-19-34(26)39/h1-23H. The fourth-order valence-electron chi connectivity index (χ4n) is 6.70.